The first kappa shape index (κ1) is 30.7. The number of furan rings is 1. The van der Waals surface area contributed by atoms with Crippen molar-refractivity contribution >= 4 is 73.1 Å². The number of hydrogen-bond donors (Lipinski definition) is 0. The molecule has 2 aliphatic rings. The van der Waals surface area contributed by atoms with Crippen molar-refractivity contribution in [2.24, 2.45) is 0 Å². The molecule has 0 bridgehead atoms. The maximum atomic E-state index is 6.15. The van der Waals surface area contributed by atoms with Gasteiger partial charge >= 0.3 is 0 Å². The topological polar surface area (TPSA) is 16.4 Å². The highest BCUT2D eigenvalue weighted by atomic mass is 16.3. The molecule has 10 rings (SSSR count). The fourth-order valence-electron chi connectivity index (χ4n) is 9.05. The van der Waals surface area contributed by atoms with Gasteiger partial charge in [0, 0.05) is 38.7 Å². The van der Waals surface area contributed by atoms with E-state index in [2.05, 4.69) is 184 Å². The molecular weight excluding hydrogens is 631 g/mol. The van der Waals surface area contributed by atoms with E-state index < -0.39 is 0 Å². The van der Waals surface area contributed by atoms with Crippen LogP contribution in [0.1, 0.15) is 61.1 Å². The van der Waals surface area contributed by atoms with Crippen LogP contribution >= 0.6 is 0 Å². The van der Waals surface area contributed by atoms with E-state index in [1.807, 2.05) is 12.1 Å². The van der Waals surface area contributed by atoms with E-state index in [-0.39, 0.29) is 10.8 Å². The number of anilines is 3. The molecule has 2 heteroatoms. The monoisotopic (exact) mass is 669 g/mol. The first-order valence-corrected chi connectivity index (χ1v) is 18.3. The third kappa shape index (κ3) is 4.57. The summed E-state index contributed by atoms with van der Waals surface area (Å²) < 4.78 is 6.15. The second-order valence-corrected chi connectivity index (χ2v) is 15.4. The standard InChI is InChI=1S/C50H39NO/c1-49(2)43-16-10-8-15-40(43)47-48(49)41-26-21-33(29-44(41)50(47,3)4)19-18-32-20-22-35-30-37(24-23-34(35)28-32)51(36-12-6-5-7-13-36)38-25-27-46-42(31-38)39-14-9-11-17-45(39)52-46/h5-31H,1-4H3. The van der Waals surface area contributed by atoms with Gasteiger partial charge in [0.15, 0.2) is 0 Å². The lowest BCUT2D eigenvalue weighted by Gasteiger charge is -2.28. The third-order valence-corrected chi connectivity index (χ3v) is 11.6. The number of rotatable bonds is 5. The average molecular weight is 670 g/mol. The highest BCUT2D eigenvalue weighted by Crippen LogP contribution is 2.62. The third-order valence-electron chi connectivity index (χ3n) is 11.6. The van der Waals surface area contributed by atoms with E-state index in [0.29, 0.717) is 0 Å². The molecule has 2 nitrogen and oxygen atoms in total. The summed E-state index contributed by atoms with van der Waals surface area (Å²) in [5.74, 6) is 0. The van der Waals surface area contributed by atoms with Crippen LogP contribution < -0.4 is 4.90 Å². The minimum absolute atomic E-state index is 0.00279. The molecule has 0 aliphatic heterocycles. The van der Waals surface area contributed by atoms with Gasteiger partial charge in [0.05, 0.1) is 0 Å². The van der Waals surface area contributed by atoms with Crippen LogP contribution in [-0.4, -0.2) is 0 Å². The summed E-state index contributed by atoms with van der Waals surface area (Å²) in [6.07, 6.45) is 4.51. The van der Waals surface area contributed by atoms with Crippen molar-refractivity contribution in [3.63, 3.8) is 0 Å². The molecule has 0 amide bonds. The predicted molar refractivity (Wildman–Crippen MR) is 221 cm³/mol. The molecule has 8 aromatic rings. The van der Waals surface area contributed by atoms with E-state index in [0.717, 1.165) is 39.0 Å². The quantitative estimate of drug-likeness (QED) is 0.170. The molecule has 0 fully saturated rings. The van der Waals surface area contributed by atoms with Crippen molar-refractivity contribution < 1.29 is 4.42 Å². The van der Waals surface area contributed by atoms with Crippen molar-refractivity contribution in [2.75, 3.05) is 4.90 Å². The molecule has 52 heavy (non-hydrogen) atoms. The van der Waals surface area contributed by atoms with Gasteiger partial charge in [-0.3, -0.25) is 0 Å². The van der Waals surface area contributed by atoms with Crippen LogP contribution in [0.25, 0.3) is 56.0 Å². The largest absolute Gasteiger partial charge is 0.456 e. The Hall–Kier alpha value is -6.12. The molecular formula is C50H39NO. The van der Waals surface area contributed by atoms with Crippen LogP contribution in [0, 0.1) is 0 Å². The lowest BCUT2D eigenvalue weighted by molar-refractivity contribution is 0.669. The zero-order valence-corrected chi connectivity index (χ0v) is 29.9. The molecule has 1 heterocycles. The number of fused-ring (bicyclic) bond motifs is 8. The molecule has 0 radical (unpaired) electrons. The van der Waals surface area contributed by atoms with Crippen LogP contribution in [0.3, 0.4) is 0 Å². The summed E-state index contributed by atoms with van der Waals surface area (Å²) in [5, 5.41) is 4.66. The van der Waals surface area contributed by atoms with Gasteiger partial charge in [-0.1, -0.05) is 137 Å². The molecule has 0 saturated carbocycles. The summed E-state index contributed by atoms with van der Waals surface area (Å²) in [6.45, 7) is 9.57. The van der Waals surface area contributed by atoms with E-state index in [9.17, 15) is 0 Å². The highest BCUT2D eigenvalue weighted by Gasteiger charge is 2.49. The van der Waals surface area contributed by atoms with Gasteiger partial charge in [0.25, 0.3) is 0 Å². The molecule has 7 aromatic carbocycles. The van der Waals surface area contributed by atoms with E-state index in [1.165, 1.54) is 55.3 Å². The minimum atomic E-state index is -0.0509. The summed E-state index contributed by atoms with van der Waals surface area (Å²) in [7, 11) is 0. The van der Waals surface area contributed by atoms with Crippen molar-refractivity contribution in [1.29, 1.82) is 0 Å². The zero-order chi connectivity index (χ0) is 35.2. The second-order valence-electron chi connectivity index (χ2n) is 15.4. The molecule has 0 atom stereocenters. The Bertz CT molecular complexity index is 2790. The fraction of sp³-hybridized carbons (Fsp3) is 0.120. The van der Waals surface area contributed by atoms with E-state index >= 15 is 0 Å². The van der Waals surface area contributed by atoms with E-state index in [4.69, 9.17) is 4.42 Å². The van der Waals surface area contributed by atoms with Crippen LogP contribution in [0.4, 0.5) is 17.1 Å². The normalized spacial score (nSPS) is 15.5. The maximum absolute atomic E-state index is 6.15. The molecule has 0 spiro atoms. The smallest absolute Gasteiger partial charge is 0.135 e. The van der Waals surface area contributed by atoms with Crippen LogP contribution in [0.2, 0.25) is 0 Å². The summed E-state index contributed by atoms with van der Waals surface area (Å²) >= 11 is 0. The first-order chi connectivity index (χ1) is 25.3. The molecule has 1 aromatic heterocycles. The Labute approximate surface area is 305 Å². The van der Waals surface area contributed by atoms with Crippen LogP contribution in [0.15, 0.2) is 156 Å². The molecule has 0 N–H and O–H groups in total. The summed E-state index contributed by atoms with van der Waals surface area (Å²) in [5.41, 5.74) is 16.2. The molecule has 2 aliphatic carbocycles. The van der Waals surface area contributed by atoms with E-state index in [1.54, 1.807) is 0 Å². The van der Waals surface area contributed by atoms with Gasteiger partial charge in [-0.05, 0) is 110 Å². The van der Waals surface area contributed by atoms with Gasteiger partial charge < -0.3 is 9.32 Å². The Morgan fingerprint density at radius 3 is 1.88 bits per heavy atom. The fourth-order valence-corrected chi connectivity index (χ4v) is 9.05. The first-order valence-electron chi connectivity index (χ1n) is 18.3. The van der Waals surface area contributed by atoms with Crippen LogP contribution in [-0.2, 0) is 10.8 Å². The Morgan fingerprint density at radius 1 is 0.442 bits per heavy atom. The Balaban J connectivity index is 0.972. The number of allylic oxidation sites excluding steroid dienone is 2. The lowest BCUT2D eigenvalue weighted by atomic mass is 9.75. The van der Waals surface area contributed by atoms with Crippen molar-refractivity contribution in [1.82, 2.24) is 0 Å². The van der Waals surface area contributed by atoms with Crippen molar-refractivity contribution in [3.05, 3.63) is 185 Å². The lowest BCUT2D eigenvalue weighted by Crippen LogP contribution is -2.19. The Kier molecular flexibility index (Phi) is 6.60. The number of para-hydroxylation sites is 2. The average Bonchev–Trinajstić information content (AvgIpc) is 3.75. The molecule has 0 saturated heterocycles. The summed E-state index contributed by atoms with van der Waals surface area (Å²) in [4.78, 5) is 2.33. The summed E-state index contributed by atoms with van der Waals surface area (Å²) in [6, 6.07) is 54.9. The zero-order valence-electron chi connectivity index (χ0n) is 29.9. The molecule has 0 unspecified atom stereocenters. The highest BCUT2D eigenvalue weighted by molar-refractivity contribution is 6.10. The predicted octanol–water partition coefficient (Wildman–Crippen LogP) is 13.9. The Morgan fingerprint density at radius 2 is 1.04 bits per heavy atom. The maximum Gasteiger partial charge on any atom is 0.135 e. The van der Waals surface area contributed by atoms with Gasteiger partial charge in [-0.25, -0.2) is 0 Å². The van der Waals surface area contributed by atoms with Gasteiger partial charge in [0.2, 0.25) is 0 Å². The molecule has 250 valence electrons. The number of hydrogen-bond acceptors (Lipinski definition) is 2. The second kappa shape index (κ2) is 11.2. The van der Waals surface area contributed by atoms with Crippen LogP contribution in [0.5, 0.6) is 0 Å². The van der Waals surface area contributed by atoms with Crippen molar-refractivity contribution in [2.45, 2.75) is 38.5 Å². The SMILES string of the molecule is CC1(C)C2=C(c3ccccc31)C(C)(C)c1cc(C=Cc3ccc4cc(N(c5ccccc5)c5ccc6oc7ccccc7c6c5)ccc4c3)ccc12. The van der Waals surface area contributed by atoms with Gasteiger partial charge in [0.1, 0.15) is 11.2 Å². The number of nitrogens with zero attached hydrogens (tertiary/aromatic N) is 1. The van der Waals surface area contributed by atoms with Crippen molar-refractivity contribution in [3.8, 4) is 0 Å². The van der Waals surface area contributed by atoms with Gasteiger partial charge in [-0.15, -0.1) is 0 Å². The minimum Gasteiger partial charge on any atom is -0.456 e. The van der Waals surface area contributed by atoms with Gasteiger partial charge in [-0.2, -0.15) is 0 Å². The number of benzene rings is 7.